The van der Waals surface area contributed by atoms with Crippen LogP contribution in [0.1, 0.15) is 11.1 Å². The average Bonchev–Trinajstić information content (AvgIpc) is 3.23. The molecule has 0 bridgehead atoms. The predicted octanol–water partition coefficient (Wildman–Crippen LogP) is 5.97. The molecule has 1 aromatic heterocycles. The molecule has 4 aromatic rings. The largest absolute Gasteiger partial charge is 0.488 e. The Morgan fingerprint density at radius 1 is 1.00 bits per heavy atom. The number of anilines is 1. The summed E-state index contributed by atoms with van der Waals surface area (Å²) in [4.78, 5) is 4.55. The highest BCUT2D eigenvalue weighted by atomic mass is 32.1. The van der Waals surface area contributed by atoms with Gasteiger partial charge < -0.3 is 4.74 Å². The molecular weight excluding hydrogens is 385 g/mol. The first-order valence-electron chi connectivity index (χ1n) is 9.04. The van der Waals surface area contributed by atoms with Crippen LogP contribution in [0.25, 0.3) is 11.3 Å². The van der Waals surface area contributed by atoms with Crippen molar-refractivity contribution >= 4 is 22.7 Å². The molecule has 3 aromatic carbocycles. The molecule has 1 N–H and O–H groups in total. The van der Waals surface area contributed by atoms with Crippen molar-refractivity contribution in [1.29, 1.82) is 0 Å². The van der Waals surface area contributed by atoms with Gasteiger partial charge in [0.15, 0.2) is 0 Å². The molecule has 0 aliphatic heterocycles. The third-order valence-electron chi connectivity index (χ3n) is 4.14. The standard InChI is InChI=1S/C23H18FN3OS/c24-20-11-6-7-17(13-20)15-28-22-12-5-4-10-19(22)14-25-27-23-26-21(16-29-23)18-8-2-1-3-9-18/h1-14,16H,15H2,(H,26,27). The van der Waals surface area contributed by atoms with Crippen LogP contribution in [0.5, 0.6) is 5.75 Å². The van der Waals surface area contributed by atoms with Crippen LogP contribution in [0.15, 0.2) is 89.3 Å². The molecule has 0 spiro atoms. The normalized spacial score (nSPS) is 10.9. The van der Waals surface area contributed by atoms with Crippen LogP contribution in [0, 0.1) is 5.82 Å². The van der Waals surface area contributed by atoms with Crippen LogP contribution in [-0.4, -0.2) is 11.2 Å². The fraction of sp³-hybridized carbons (Fsp3) is 0.0435. The number of hydrazone groups is 1. The van der Waals surface area contributed by atoms with Crippen LogP contribution in [-0.2, 0) is 6.61 Å². The highest BCUT2D eigenvalue weighted by Crippen LogP contribution is 2.24. The Morgan fingerprint density at radius 2 is 1.83 bits per heavy atom. The minimum Gasteiger partial charge on any atom is -0.488 e. The topological polar surface area (TPSA) is 46.5 Å². The minimum atomic E-state index is -0.275. The van der Waals surface area contributed by atoms with Gasteiger partial charge in [0.25, 0.3) is 0 Å². The lowest BCUT2D eigenvalue weighted by molar-refractivity contribution is 0.305. The highest BCUT2D eigenvalue weighted by Gasteiger charge is 2.04. The summed E-state index contributed by atoms with van der Waals surface area (Å²) >= 11 is 1.49. The van der Waals surface area contributed by atoms with Gasteiger partial charge in [0, 0.05) is 16.5 Å². The van der Waals surface area contributed by atoms with E-state index in [-0.39, 0.29) is 12.4 Å². The van der Waals surface area contributed by atoms with Gasteiger partial charge in [-0.25, -0.2) is 9.37 Å². The monoisotopic (exact) mass is 403 g/mol. The lowest BCUT2D eigenvalue weighted by Gasteiger charge is -2.09. The summed E-state index contributed by atoms with van der Waals surface area (Å²) in [6.45, 7) is 0.281. The number of ether oxygens (including phenoxy) is 1. The Kier molecular flexibility index (Phi) is 5.92. The number of halogens is 1. The van der Waals surface area contributed by atoms with Crippen molar-refractivity contribution in [2.45, 2.75) is 6.61 Å². The summed E-state index contributed by atoms with van der Waals surface area (Å²) < 4.78 is 19.2. The van der Waals surface area contributed by atoms with Crippen LogP contribution < -0.4 is 10.2 Å². The zero-order valence-corrected chi connectivity index (χ0v) is 16.3. The quantitative estimate of drug-likeness (QED) is 0.305. The summed E-state index contributed by atoms with van der Waals surface area (Å²) in [6, 6.07) is 23.9. The van der Waals surface area contributed by atoms with Gasteiger partial charge in [0.05, 0.1) is 11.9 Å². The van der Waals surface area contributed by atoms with Crippen LogP contribution in [0.4, 0.5) is 9.52 Å². The van der Waals surface area contributed by atoms with E-state index in [0.29, 0.717) is 10.9 Å². The second kappa shape index (κ2) is 9.12. The summed E-state index contributed by atoms with van der Waals surface area (Å²) in [7, 11) is 0. The number of rotatable bonds is 7. The van der Waals surface area contributed by atoms with E-state index in [1.165, 1.54) is 23.5 Å². The first-order valence-corrected chi connectivity index (χ1v) is 9.92. The molecule has 4 nitrogen and oxygen atoms in total. The van der Waals surface area contributed by atoms with Crippen molar-refractivity contribution in [3.05, 3.63) is 101 Å². The molecule has 0 unspecified atom stereocenters. The van der Waals surface area contributed by atoms with Gasteiger partial charge in [-0.05, 0) is 29.8 Å². The number of thiazole rings is 1. The van der Waals surface area contributed by atoms with Crippen LogP contribution in [0.3, 0.4) is 0 Å². The maximum absolute atomic E-state index is 13.3. The molecule has 0 saturated carbocycles. The van der Waals surface area contributed by atoms with Crippen molar-refractivity contribution in [3.8, 4) is 17.0 Å². The summed E-state index contributed by atoms with van der Waals surface area (Å²) in [5.74, 6) is 0.398. The van der Waals surface area contributed by atoms with Gasteiger partial charge in [-0.2, -0.15) is 5.10 Å². The molecule has 0 fully saturated rings. The summed E-state index contributed by atoms with van der Waals surface area (Å²) in [5.41, 5.74) is 6.52. The zero-order valence-electron chi connectivity index (χ0n) is 15.5. The summed E-state index contributed by atoms with van der Waals surface area (Å²) in [6.07, 6.45) is 1.69. The molecule has 0 aliphatic carbocycles. The highest BCUT2D eigenvalue weighted by molar-refractivity contribution is 7.14. The van der Waals surface area contributed by atoms with Crippen molar-refractivity contribution < 1.29 is 9.13 Å². The number of benzene rings is 3. The van der Waals surface area contributed by atoms with Gasteiger partial charge in [-0.1, -0.05) is 54.6 Å². The maximum Gasteiger partial charge on any atom is 0.203 e. The van der Waals surface area contributed by atoms with Crippen molar-refractivity contribution in [2.75, 3.05) is 5.43 Å². The number of hydrogen-bond donors (Lipinski definition) is 1. The van der Waals surface area contributed by atoms with Gasteiger partial charge in [-0.3, -0.25) is 5.43 Å². The van der Waals surface area contributed by atoms with Crippen molar-refractivity contribution in [1.82, 2.24) is 4.98 Å². The lowest BCUT2D eigenvalue weighted by Crippen LogP contribution is -1.99. The predicted molar refractivity (Wildman–Crippen MR) is 116 cm³/mol. The molecule has 0 amide bonds. The Morgan fingerprint density at radius 3 is 2.69 bits per heavy atom. The number of nitrogens with zero attached hydrogens (tertiary/aromatic N) is 2. The molecule has 0 saturated heterocycles. The van der Waals surface area contributed by atoms with E-state index in [2.05, 4.69) is 15.5 Å². The SMILES string of the molecule is Fc1cccc(COc2ccccc2C=NNc2nc(-c3ccccc3)cs2)c1. The Balaban J connectivity index is 1.41. The number of para-hydroxylation sites is 1. The molecule has 1 heterocycles. The van der Waals surface area contributed by atoms with Gasteiger partial charge in [-0.15, -0.1) is 11.3 Å². The second-order valence-corrected chi connectivity index (χ2v) is 7.09. The van der Waals surface area contributed by atoms with Gasteiger partial charge in [0.1, 0.15) is 18.2 Å². The average molecular weight is 403 g/mol. The fourth-order valence-electron chi connectivity index (χ4n) is 2.73. The fourth-order valence-corrected chi connectivity index (χ4v) is 3.40. The van der Waals surface area contributed by atoms with Crippen LogP contribution >= 0.6 is 11.3 Å². The Bertz CT molecular complexity index is 1110. The molecule has 4 rings (SSSR count). The van der Waals surface area contributed by atoms with Gasteiger partial charge >= 0.3 is 0 Å². The van der Waals surface area contributed by atoms with E-state index in [1.54, 1.807) is 12.3 Å². The number of aromatic nitrogens is 1. The van der Waals surface area contributed by atoms with E-state index < -0.39 is 0 Å². The van der Waals surface area contributed by atoms with Crippen molar-refractivity contribution in [2.24, 2.45) is 5.10 Å². The first-order chi connectivity index (χ1) is 14.3. The van der Waals surface area contributed by atoms with Crippen molar-refractivity contribution in [3.63, 3.8) is 0 Å². The van der Waals surface area contributed by atoms with E-state index in [9.17, 15) is 4.39 Å². The molecule has 0 aliphatic rings. The minimum absolute atomic E-state index is 0.275. The second-order valence-electron chi connectivity index (χ2n) is 6.23. The third-order valence-corrected chi connectivity index (χ3v) is 4.89. The first kappa shape index (κ1) is 18.8. The Hall–Kier alpha value is -3.51. The van der Waals surface area contributed by atoms with E-state index in [0.717, 1.165) is 22.4 Å². The van der Waals surface area contributed by atoms with E-state index in [1.807, 2.05) is 66.0 Å². The molecule has 6 heteroatoms. The molecule has 0 radical (unpaired) electrons. The number of nitrogens with one attached hydrogen (secondary N) is 1. The number of hydrogen-bond acceptors (Lipinski definition) is 5. The third kappa shape index (κ3) is 5.06. The van der Waals surface area contributed by atoms with E-state index in [4.69, 9.17) is 4.74 Å². The smallest absolute Gasteiger partial charge is 0.203 e. The maximum atomic E-state index is 13.3. The van der Waals surface area contributed by atoms with Gasteiger partial charge in [0.2, 0.25) is 5.13 Å². The molecule has 144 valence electrons. The zero-order chi connectivity index (χ0) is 19.9. The molecule has 29 heavy (non-hydrogen) atoms. The molecular formula is C23H18FN3OS. The lowest BCUT2D eigenvalue weighted by atomic mass is 10.2. The summed E-state index contributed by atoms with van der Waals surface area (Å²) in [5, 5.41) is 6.98. The van der Waals surface area contributed by atoms with E-state index >= 15 is 0 Å². The van der Waals surface area contributed by atoms with Crippen LogP contribution in [0.2, 0.25) is 0 Å². The molecule has 0 atom stereocenters. The Labute approximate surface area is 172 Å².